The van der Waals surface area contributed by atoms with E-state index in [1.807, 2.05) is 31.2 Å². The summed E-state index contributed by atoms with van der Waals surface area (Å²) in [4.78, 5) is 26.9. The standard InChI is InChI=1S/C24H31N3O3/c1-2-30-22-11-7-6-10-21(22)26-24(29)13-12-23(28)25-20-14-16-27(17-15-20)18-19-8-4-3-5-9-19/h3-11,20H,2,12-18H2,1H3,(H,25,28)(H,26,29). The summed E-state index contributed by atoms with van der Waals surface area (Å²) < 4.78 is 5.51. The fraction of sp³-hybridized carbons (Fsp3) is 0.417. The zero-order chi connectivity index (χ0) is 21.2. The molecule has 2 N–H and O–H groups in total. The zero-order valence-corrected chi connectivity index (χ0v) is 17.6. The number of benzene rings is 2. The Kier molecular flexibility index (Phi) is 8.27. The zero-order valence-electron chi connectivity index (χ0n) is 17.6. The fourth-order valence-electron chi connectivity index (χ4n) is 3.67. The topological polar surface area (TPSA) is 70.7 Å². The Morgan fingerprint density at radius 2 is 1.63 bits per heavy atom. The van der Waals surface area contributed by atoms with Crippen molar-refractivity contribution in [1.29, 1.82) is 0 Å². The minimum Gasteiger partial charge on any atom is -0.492 e. The third-order valence-corrected chi connectivity index (χ3v) is 5.24. The highest BCUT2D eigenvalue weighted by atomic mass is 16.5. The Hall–Kier alpha value is -2.86. The average molecular weight is 410 g/mol. The molecule has 0 unspecified atom stereocenters. The molecule has 160 valence electrons. The Labute approximate surface area is 178 Å². The molecule has 2 aromatic carbocycles. The lowest BCUT2D eigenvalue weighted by Crippen LogP contribution is -2.44. The van der Waals surface area contributed by atoms with E-state index in [1.54, 1.807) is 6.07 Å². The summed E-state index contributed by atoms with van der Waals surface area (Å²) in [7, 11) is 0. The molecule has 1 fully saturated rings. The number of carbonyl (C=O) groups excluding carboxylic acids is 2. The van der Waals surface area contributed by atoms with Crippen LogP contribution in [0.15, 0.2) is 54.6 Å². The van der Waals surface area contributed by atoms with Crippen molar-refractivity contribution in [3.8, 4) is 5.75 Å². The highest BCUT2D eigenvalue weighted by molar-refractivity contribution is 5.94. The number of ether oxygens (including phenoxy) is 1. The van der Waals surface area contributed by atoms with Crippen molar-refractivity contribution in [2.45, 2.75) is 45.2 Å². The van der Waals surface area contributed by atoms with Gasteiger partial charge in [-0.1, -0.05) is 42.5 Å². The van der Waals surface area contributed by atoms with Gasteiger partial charge < -0.3 is 15.4 Å². The summed E-state index contributed by atoms with van der Waals surface area (Å²) in [5, 5.41) is 5.92. The van der Waals surface area contributed by atoms with Gasteiger partial charge in [0.2, 0.25) is 11.8 Å². The van der Waals surface area contributed by atoms with Crippen LogP contribution >= 0.6 is 0 Å². The van der Waals surface area contributed by atoms with E-state index in [4.69, 9.17) is 4.74 Å². The normalized spacial score (nSPS) is 14.8. The van der Waals surface area contributed by atoms with Crippen molar-refractivity contribution in [1.82, 2.24) is 10.2 Å². The lowest BCUT2D eigenvalue weighted by molar-refractivity contribution is -0.125. The summed E-state index contributed by atoms with van der Waals surface area (Å²) in [5.74, 6) is 0.389. The van der Waals surface area contributed by atoms with Crippen molar-refractivity contribution < 1.29 is 14.3 Å². The number of hydrogen-bond donors (Lipinski definition) is 2. The number of carbonyl (C=O) groups is 2. The second-order valence-corrected chi connectivity index (χ2v) is 7.58. The van der Waals surface area contributed by atoms with Crippen molar-refractivity contribution in [2.75, 3.05) is 25.0 Å². The van der Waals surface area contributed by atoms with Crippen molar-refractivity contribution in [3.63, 3.8) is 0 Å². The molecule has 6 heteroatoms. The number of amides is 2. The predicted molar refractivity (Wildman–Crippen MR) is 118 cm³/mol. The molecule has 6 nitrogen and oxygen atoms in total. The van der Waals surface area contributed by atoms with Crippen LogP contribution in [0, 0.1) is 0 Å². The molecular formula is C24H31N3O3. The van der Waals surface area contributed by atoms with Gasteiger partial charge in [0.15, 0.2) is 0 Å². The van der Waals surface area contributed by atoms with Gasteiger partial charge in [0.25, 0.3) is 0 Å². The molecule has 30 heavy (non-hydrogen) atoms. The Balaban J connectivity index is 1.35. The van der Waals surface area contributed by atoms with E-state index in [-0.39, 0.29) is 30.7 Å². The molecule has 2 amide bonds. The molecular weight excluding hydrogens is 378 g/mol. The Morgan fingerprint density at radius 3 is 2.37 bits per heavy atom. The van der Waals surface area contributed by atoms with Crippen molar-refractivity contribution in [3.05, 3.63) is 60.2 Å². The second kappa shape index (κ2) is 11.4. The lowest BCUT2D eigenvalue weighted by atomic mass is 10.0. The molecule has 3 rings (SSSR count). The molecule has 1 saturated heterocycles. The summed E-state index contributed by atoms with van der Waals surface area (Å²) in [5.41, 5.74) is 1.95. The maximum atomic E-state index is 12.3. The molecule has 0 aromatic heterocycles. The molecule has 1 aliphatic heterocycles. The highest BCUT2D eigenvalue weighted by Gasteiger charge is 2.21. The van der Waals surface area contributed by atoms with Crippen LogP contribution < -0.4 is 15.4 Å². The lowest BCUT2D eigenvalue weighted by Gasteiger charge is -2.32. The minimum atomic E-state index is -0.185. The first kappa shape index (κ1) is 21.8. The molecule has 0 bridgehead atoms. The summed E-state index contributed by atoms with van der Waals surface area (Å²) in [6, 6.07) is 17.9. The fourth-order valence-corrected chi connectivity index (χ4v) is 3.67. The molecule has 1 aliphatic rings. The van der Waals surface area contributed by atoms with Crippen LogP contribution in [0.1, 0.15) is 38.2 Å². The SMILES string of the molecule is CCOc1ccccc1NC(=O)CCC(=O)NC1CCN(Cc2ccccc2)CC1. The molecule has 0 radical (unpaired) electrons. The smallest absolute Gasteiger partial charge is 0.224 e. The van der Waals surface area contributed by atoms with Gasteiger partial charge in [-0.05, 0) is 37.5 Å². The van der Waals surface area contributed by atoms with Gasteiger partial charge in [-0.2, -0.15) is 0 Å². The van der Waals surface area contributed by atoms with Crippen molar-refractivity contribution >= 4 is 17.5 Å². The number of nitrogens with zero attached hydrogens (tertiary/aromatic N) is 1. The highest BCUT2D eigenvalue weighted by Crippen LogP contribution is 2.23. The Morgan fingerprint density at radius 1 is 0.967 bits per heavy atom. The van der Waals surface area contributed by atoms with Crippen LogP contribution in [0.4, 0.5) is 5.69 Å². The van der Waals surface area contributed by atoms with E-state index in [9.17, 15) is 9.59 Å². The summed E-state index contributed by atoms with van der Waals surface area (Å²) >= 11 is 0. The molecule has 2 aromatic rings. The van der Waals surface area contributed by atoms with E-state index >= 15 is 0 Å². The average Bonchev–Trinajstić information content (AvgIpc) is 2.76. The maximum absolute atomic E-state index is 12.3. The van der Waals surface area contributed by atoms with E-state index in [0.717, 1.165) is 32.5 Å². The van der Waals surface area contributed by atoms with Crippen LogP contribution in [0.2, 0.25) is 0 Å². The Bertz CT molecular complexity index is 817. The first-order valence-corrected chi connectivity index (χ1v) is 10.7. The van der Waals surface area contributed by atoms with Gasteiger partial charge in [-0.3, -0.25) is 14.5 Å². The van der Waals surface area contributed by atoms with Gasteiger partial charge in [-0.15, -0.1) is 0 Å². The first-order chi connectivity index (χ1) is 14.6. The van der Waals surface area contributed by atoms with E-state index in [0.29, 0.717) is 18.0 Å². The van der Waals surface area contributed by atoms with Gasteiger partial charge in [0.1, 0.15) is 5.75 Å². The van der Waals surface area contributed by atoms with Gasteiger partial charge >= 0.3 is 0 Å². The van der Waals surface area contributed by atoms with Crippen LogP contribution in [0.3, 0.4) is 0 Å². The number of para-hydroxylation sites is 2. The van der Waals surface area contributed by atoms with Crippen LogP contribution in [0.5, 0.6) is 5.75 Å². The molecule has 0 atom stereocenters. The minimum absolute atomic E-state index is 0.0650. The molecule has 0 saturated carbocycles. The predicted octanol–water partition coefficient (Wildman–Crippen LogP) is 3.58. The number of anilines is 1. The van der Waals surface area contributed by atoms with Crippen LogP contribution in [-0.4, -0.2) is 42.5 Å². The van der Waals surface area contributed by atoms with Gasteiger partial charge in [-0.25, -0.2) is 0 Å². The number of piperidine rings is 1. The molecule has 0 aliphatic carbocycles. The number of rotatable bonds is 9. The van der Waals surface area contributed by atoms with Crippen LogP contribution in [-0.2, 0) is 16.1 Å². The summed E-state index contributed by atoms with van der Waals surface area (Å²) in [6.45, 7) is 5.31. The second-order valence-electron chi connectivity index (χ2n) is 7.58. The third kappa shape index (κ3) is 6.88. The monoisotopic (exact) mass is 409 g/mol. The van der Waals surface area contributed by atoms with Gasteiger partial charge in [0, 0.05) is 38.5 Å². The number of likely N-dealkylation sites (tertiary alicyclic amines) is 1. The first-order valence-electron chi connectivity index (χ1n) is 10.7. The largest absolute Gasteiger partial charge is 0.492 e. The quantitative estimate of drug-likeness (QED) is 0.664. The van der Waals surface area contributed by atoms with Crippen LogP contribution in [0.25, 0.3) is 0 Å². The van der Waals surface area contributed by atoms with Crippen molar-refractivity contribution in [2.24, 2.45) is 0 Å². The van der Waals surface area contributed by atoms with E-state index in [2.05, 4.69) is 39.8 Å². The number of nitrogens with one attached hydrogen (secondary N) is 2. The van der Waals surface area contributed by atoms with E-state index in [1.165, 1.54) is 5.56 Å². The molecule has 0 spiro atoms. The molecule has 1 heterocycles. The van der Waals surface area contributed by atoms with E-state index < -0.39 is 0 Å². The summed E-state index contributed by atoms with van der Waals surface area (Å²) in [6.07, 6.45) is 2.21. The maximum Gasteiger partial charge on any atom is 0.224 e. The van der Waals surface area contributed by atoms with Gasteiger partial charge in [0.05, 0.1) is 12.3 Å². The third-order valence-electron chi connectivity index (χ3n) is 5.24. The number of hydrogen-bond acceptors (Lipinski definition) is 4.